The molecule has 0 saturated heterocycles. The summed E-state index contributed by atoms with van der Waals surface area (Å²) in [5.74, 6) is 0.272. The third-order valence-corrected chi connectivity index (χ3v) is 4.13. The number of carbonyl (C=O) groups excluding carboxylic acids is 1. The fraction of sp³-hybridized carbons (Fsp3) is 0.200. The molecule has 1 amide bonds. The van der Waals surface area contributed by atoms with Gasteiger partial charge in [-0.3, -0.25) is 4.79 Å². The van der Waals surface area contributed by atoms with Gasteiger partial charge in [0.25, 0.3) is 0 Å². The van der Waals surface area contributed by atoms with Crippen molar-refractivity contribution in [1.29, 1.82) is 0 Å². The van der Waals surface area contributed by atoms with E-state index in [0.717, 1.165) is 16.1 Å². The Labute approximate surface area is 131 Å². The van der Waals surface area contributed by atoms with Gasteiger partial charge in [-0.2, -0.15) is 0 Å². The monoisotopic (exact) mass is 313 g/mol. The van der Waals surface area contributed by atoms with Crippen molar-refractivity contribution >= 4 is 28.8 Å². The van der Waals surface area contributed by atoms with Crippen LogP contribution in [0.3, 0.4) is 0 Å². The molecule has 0 unspecified atom stereocenters. The molecule has 3 rings (SSSR count). The van der Waals surface area contributed by atoms with Gasteiger partial charge in [-0.15, -0.1) is 0 Å². The van der Waals surface area contributed by atoms with Crippen LogP contribution in [0.1, 0.15) is 11.1 Å². The van der Waals surface area contributed by atoms with Gasteiger partial charge in [-0.25, -0.2) is 15.0 Å². The van der Waals surface area contributed by atoms with Crippen molar-refractivity contribution in [2.24, 2.45) is 0 Å². The SMILES string of the molecule is Cc1ccc(CNC(=O)CSc2ncnc3nc[nH]c23)cc1. The molecule has 0 spiro atoms. The summed E-state index contributed by atoms with van der Waals surface area (Å²) in [4.78, 5) is 27.2. The van der Waals surface area contributed by atoms with Crippen molar-refractivity contribution in [3.05, 3.63) is 48.0 Å². The number of thioether (sulfide) groups is 1. The summed E-state index contributed by atoms with van der Waals surface area (Å²) in [6.07, 6.45) is 3.02. The second kappa shape index (κ2) is 6.57. The Balaban J connectivity index is 1.54. The standard InChI is InChI=1S/C15H15N5OS/c1-10-2-4-11(5-3-10)6-16-12(21)7-22-15-13-14(18-8-17-13)19-9-20-15/h2-5,8-9H,6-7H2,1H3,(H,16,21)(H,17,18,19,20). The number of carbonyl (C=O) groups is 1. The van der Waals surface area contributed by atoms with E-state index in [-0.39, 0.29) is 5.91 Å². The summed E-state index contributed by atoms with van der Waals surface area (Å²) >= 11 is 1.37. The molecule has 112 valence electrons. The highest BCUT2D eigenvalue weighted by atomic mass is 32.2. The maximum absolute atomic E-state index is 11.9. The van der Waals surface area contributed by atoms with Crippen LogP contribution in [-0.4, -0.2) is 31.6 Å². The molecule has 6 nitrogen and oxygen atoms in total. The van der Waals surface area contributed by atoms with Crippen molar-refractivity contribution in [2.45, 2.75) is 18.5 Å². The smallest absolute Gasteiger partial charge is 0.230 e. The lowest BCUT2D eigenvalue weighted by Crippen LogP contribution is -2.24. The number of hydrogen-bond donors (Lipinski definition) is 2. The molecular weight excluding hydrogens is 298 g/mol. The normalized spacial score (nSPS) is 10.8. The number of fused-ring (bicyclic) bond motifs is 1. The topological polar surface area (TPSA) is 83.6 Å². The van der Waals surface area contributed by atoms with E-state index in [1.807, 2.05) is 31.2 Å². The van der Waals surface area contributed by atoms with Crippen LogP contribution in [0, 0.1) is 6.92 Å². The lowest BCUT2D eigenvalue weighted by molar-refractivity contribution is -0.118. The molecule has 2 aromatic heterocycles. The summed E-state index contributed by atoms with van der Waals surface area (Å²) in [6.45, 7) is 2.57. The van der Waals surface area contributed by atoms with Crippen molar-refractivity contribution in [3.63, 3.8) is 0 Å². The molecule has 0 atom stereocenters. The molecule has 2 heterocycles. The zero-order chi connectivity index (χ0) is 15.4. The van der Waals surface area contributed by atoms with Gasteiger partial charge in [-0.05, 0) is 12.5 Å². The fourth-order valence-electron chi connectivity index (χ4n) is 1.94. The number of nitrogens with zero attached hydrogens (tertiary/aromatic N) is 3. The predicted molar refractivity (Wildman–Crippen MR) is 85.4 cm³/mol. The summed E-state index contributed by atoms with van der Waals surface area (Å²) in [5, 5.41) is 3.63. The minimum Gasteiger partial charge on any atom is -0.351 e. The number of H-pyrrole nitrogens is 1. The zero-order valence-electron chi connectivity index (χ0n) is 12.0. The van der Waals surface area contributed by atoms with E-state index in [1.54, 1.807) is 6.33 Å². The molecule has 1 aromatic carbocycles. The third kappa shape index (κ3) is 3.43. The van der Waals surface area contributed by atoms with Crippen molar-refractivity contribution < 1.29 is 4.79 Å². The van der Waals surface area contributed by atoms with Gasteiger partial charge in [-0.1, -0.05) is 41.6 Å². The number of aromatic nitrogens is 4. The fourth-order valence-corrected chi connectivity index (χ4v) is 2.73. The van der Waals surface area contributed by atoms with Crippen molar-refractivity contribution in [1.82, 2.24) is 25.3 Å². The molecule has 3 aromatic rings. The predicted octanol–water partition coefficient (Wildman–Crippen LogP) is 2.07. The highest BCUT2D eigenvalue weighted by Gasteiger charge is 2.09. The minimum absolute atomic E-state index is 0.0307. The first kappa shape index (κ1) is 14.5. The first-order valence-corrected chi connectivity index (χ1v) is 7.80. The Morgan fingerprint density at radius 3 is 2.86 bits per heavy atom. The Morgan fingerprint density at radius 1 is 1.23 bits per heavy atom. The number of rotatable bonds is 5. The number of nitrogens with one attached hydrogen (secondary N) is 2. The third-order valence-electron chi connectivity index (χ3n) is 3.14. The Hall–Kier alpha value is -2.41. The first-order valence-electron chi connectivity index (χ1n) is 6.81. The van der Waals surface area contributed by atoms with Crippen LogP contribution in [0.15, 0.2) is 41.9 Å². The van der Waals surface area contributed by atoms with Gasteiger partial charge in [0.15, 0.2) is 5.65 Å². The van der Waals surface area contributed by atoms with Crippen molar-refractivity contribution in [2.75, 3.05) is 5.75 Å². The van der Waals surface area contributed by atoms with E-state index in [0.29, 0.717) is 17.9 Å². The number of imidazole rings is 1. The van der Waals surface area contributed by atoms with E-state index in [2.05, 4.69) is 25.3 Å². The lowest BCUT2D eigenvalue weighted by Gasteiger charge is -2.05. The average Bonchev–Trinajstić information content (AvgIpc) is 3.01. The molecule has 0 radical (unpaired) electrons. The quantitative estimate of drug-likeness (QED) is 0.556. The van der Waals surface area contributed by atoms with Crippen LogP contribution in [0.4, 0.5) is 0 Å². The Morgan fingerprint density at radius 2 is 2.05 bits per heavy atom. The molecule has 22 heavy (non-hydrogen) atoms. The molecule has 0 bridgehead atoms. The second-order valence-corrected chi connectivity index (χ2v) is 5.80. The van der Waals surface area contributed by atoms with Crippen LogP contribution in [0.2, 0.25) is 0 Å². The molecule has 0 fully saturated rings. The second-order valence-electron chi connectivity index (χ2n) is 4.83. The molecule has 0 aliphatic heterocycles. The van der Waals surface area contributed by atoms with E-state index >= 15 is 0 Å². The van der Waals surface area contributed by atoms with Gasteiger partial charge in [0.1, 0.15) is 16.9 Å². The van der Waals surface area contributed by atoms with Gasteiger partial charge >= 0.3 is 0 Å². The summed E-state index contributed by atoms with van der Waals surface area (Å²) in [6, 6.07) is 8.10. The van der Waals surface area contributed by atoms with E-state index in [1.165, 1.54) is 23.7 Å². The largest absolute Gasteiger partial charge is 0.351 e. The van der Waals surface area contributed by atoms with E-state index < -0.39 is 0 Å². The minimum atomic E-state index is -0.0307. The number of aryl methyl sites for hydroxylation is 1. The molecular formula is C15H15N5OS. The van der Waals surface area contributed by atoms with Crippen LogP contribution in [0.5, 0.6) is 0 Å². The zero-order valence-corrected chi connectivity index (χ0v) is 12.9. The van der Waals surface area contributed by atoms with Crippen molar-refractivity contribution in [3.8, 4) is 0 Å². The summed E-state index contributed by atoms with van der Waals surface area (Å²) in [7, 11) is 0. The number of aromatic amines is 1. The summed E-state index contributed by atoms with van der Waals surface area (Å²) in [5.41, 5.74) is 3.66. The van der Waals surface area contributed by atoms with Gasteiger partial charge in [0, 0.05) is 6.54 Å². The van der Waals surface area contributed by atoms with Gasteiger partial charge in [0.2, 0.25) is 5.91 Å². The van der Waals surface area contributed by atoms with Crippen LogP contribution < -0.4 is 5.32 Å². The molecule has 2 N–H and O–H groups in total. The highest BCUT2D eigenvalue weighted by molar-refractivity contribution is 8.00. The number of hydrogen-bond acceptors (Lipinski definition) is 5. The summed E-state index contributed by atoms with van der Waals surface area (Å²) < 4.78 is 0. The maximum Gasteiger partial charge on any atom is 0.230 e. The maximum atomic E-state index is 11.9. The number of benzene rings is 1. The average molecular weight is 313 g/mol. The molecule has 7 heteroatoms. The van der Waals surface area contributed by atoms with E-state index in [4.69, 9.17) is 0 Å². The molecule has 0 aliphatic rings. The first-order chi connectivity index (χ1) is 10.7. The highest BCUT2D eigenvalue weighted by Crippen LogP contribution is 2.21. The van der Waals surface area contributed by atoms with Gasteiger partial charge in [0.05, 0.1) is 12.1 Å². The van der Waals surface area contributed by atoms with Crippen LogP contribution in [0.25, 0.3) is 11.2 Å². The molecule has 0 saturated carbocycles. The van der Waals surface area contributed by atoms with Crippen LogP contribution in [-0.2, 0) is 11.3 Å². The number of amides is 1. The Bertz CT molecular complexity index is 784. The lowest BCUT2D eigenvalue weighted by atomic mass is 10.1. The van der Waals surface area contributed by atoms with Crippen LogP contribution >= 0.6 is 11.8 Å². The van der Waals surface area contributed by atoms with Gasteiger partial charge < -0.3 is 10.3 Å². The molecule has 0 aliphatic carbocycles. The van der Waals surface area contributed by atoms with E-state index in [9.17, 15) is 4.79 Å². The Kier molecular flexibility index (Phi) is 4.34.